The zero-order valence-corrected chi connectivity index (χ0v) is 14.2. The summed E-state index contributed by atoms with van der Waals surface area (Å²) in [5.41, 5.74) is 0.704. The SMILES string of the molecule is O=S(=O)(Nc1cccc(C(F)(F)F)c1)c1ccc(-c2ccccc2)cc1. The van der Waals surface area contributed by atoms with E-state index >= 15 is 0 Å². The number of nitrogens with one attached hydrogen (secondary N) is 1. The van der Waals surface area contributed by atoms with Crippen LogP contribution >= 0.6 is 0 Å². The van der Waals surface area contributed by atoms with E-state index in [-0.39, 0.29) is 10.6 Å². The van der Waals surface area contributed by atoms with Gasteiger partial charge in [0.05, 0.1) is 10.5 Å². The van der Waals surface area contributed by atoms with E-state index in [2.05, 4.69) is 4.72 Å². The standard InChI is InChI=1S/C19H14F3NO2S/c20-19(21,22)16-7-4-8-17(13-16)23-26(24,25)18-11-9-15(10-12-18)14-5-2-1-3-6-14/h1-13,23H. The average molecular weight is 377 g/mol. The summed E-state index contributed by atoms with van der Waals surface area (Å²) in [4.78, 5) is -0.0328. The number of hydrogen-bond donors (Lipinski definition) is 1. The quantitative estimate of drug-likeness (QED) is 0.682. The van der Waals surface area contributed by atoms with Crippen LogP contribution in [0.25, 0.3) is 11.1 Å². The summed E-state index contributed by atoms with van der Waals surface area (Å²) in [6.45, 7) is 0. The molecule has 134 valence electrons. The van der Waals surface area contributed by atoms with Crippen molar-refractivity contribution in [2.75, 3.05) is 4.72 Å². The highest BCUT2D eigenvalue weighted by Gasteiger charge is 2.30. The van der Waals surface area contributed by atoms with E-state index in [1.165, 1.54) is 18.2 Å². The second kappa shape index (κ2) is 6.84. The second-order valence-corrected chi connectivity index (χ2v) is 7.26. The van der Waals surface area contributed by atoms with Crippen LogP contribution in [0.15, 0.2) is 83.8 Å². The summed E-state index contributed by atoms with van der Waals surface area (Å²) in [5.74, 6) is 0. The molecule has 0 unspecified atom stereocenters. The van der Waals surface area contributed by atoms with Gasteiger partial charge >= 0.3 is 6.18 Å². The summed E-state index contributed by atoms with van der Waals surface area (Å²) in [6, 6.07) is 19.6. The fourth-order valence-electron chi connectivity index (χ4n) is 2.43. The minimum Gasteiger partial charge on any atom is -0.280 e. The first-order chi connectivity index (χ1) is 12.3. The molecular formula is C19H14F3NO2S. The Hall–Kier alpha value is -2.80. The Balaban J connectivity index is 1.85. The predicted molar refractivity (Wildman–Crippen MR) is 94.1 cm³/mol. The number of halogens is 3. The fraction of sp³-hybridized carbons (Fsp3) is 0.0526. The molecule has 3 aromatic rings. The van der Waals surface area contributed by atoms with Crippen molar-refractivity contribution >= 4 is 15.7 Å². The van der Waals surface area contributed by atoms with Gasteiger partial charge < -0.3 is 0 Å². The molecule has 3 nitrogen and oxygen atoms in total. The molecule has 0 spiro atoms. The molecule has 0 saturated carbocycles. The molecule has 3 aromatic carbocycles. The summed E-state index contributed by atoms with van der Waals surface area (Å²) >= 11 is 0. The molecule has 0 bridgehead atoms. The topological polar surface area (TPSA) is 46.2 Å². The molecule has 26 heavy (non-hydrogen) atoms. The molecule has 0 heterocycles. The molecule has 0 aromatic heterocycles. The van der Waals surface area contributed by atoms with Crippen LogP contribution in [0.4, 0.5) is 18.9 Å². The van der Waals surface area contributed by atoms with Crippen molar-refractivity contribution in [3.8, 4) is 11.1 Å². The van der Waals surface area contributed by atoms with Crippen LogP contribution in [-0.2, 0) is 16.2 Å². The van der Waals surface area contributed by atoms with Crippen molar-refractivity contribution in [1.29, 1.82) is 0 Å². The van der Waals surface area contributed by atoms with E-state index in [1.54, 1.807) is 12.1 Å². The van der Waals surface area contributed by atoms with Crippen LogP contribution in [0.5, 0.6) is 0 Å². The lowest BCUT2D eigenvalue weighted by Gasteiger charge is -2.11. The molecule has 3 rings (SSSR count). The van der Waals surface area contributed by atoms with E-state index in [1.807, 2.05) is 30.3 Å². The zero-order valence-electron chi connectivity index (χ0n) is 13.4. The molecule has 0 atom stereocenters. The predicted octanol–water partition coefficient (Wildman–Crippen LogP) is 5.17. The number of benzene rings is 3. The van der Waals surface area contributed by atoms with Crippen molar-refractivity contribution in [2.45, 2.75) is 11.1 Å². The van der Waals surface area contributed by atoms with Crippen molar-refractivity contribution in [1.82, 2.24) is 0 Å². The Morgan fingerprint density at radius 3 is 1.96 bits per heavy atom. The summed E-state index contributed by atoms with van der Waals surface area (Å²) in [5, 5.41) is 0. The first-order valence-electron chi connectivity index (χ1n) is 7.61. The first-order valence-corrected chi connectivity index (χ1v) is 9.10. The van der Waals surface area contributed by atoms with Crippen LogP contribution in [0.3, 0.4) is 0 Å². The van der Waals surface area contributed by atoms with Gasteiger partial charge in [0.1, 0.15) is 0 Å². The van der Waals surface area contributed by atoms with Gasteiger partial charge in [-0.1, -0.05) is 48.5 Å². The maximum atomic E-state index is 12.8. The van der Waals surface area contributed by atoms with E-state index < -0.39 is 21.8 Å². The minimum absolute atomic E-state index is 0.0328. The number of anilines is 1. The molecule has 0 aliphatic rings. The molecular weight excluding hydrogens is 363 g/mol. The first kappa shape index (κ1) is 18.0. The van der Waals surface area contributed by atoms with Crippen LogP contribution in [-0.4, -0.2) is 8.42 Å². The molecule has 0 amide bonds. The highest BCUT2D eigenvalue weighted by atomic mass is 32.2. The largest absolute Gasteiger partial charge is 0.416 e. The van der Waals surface area contributed by atoms with Gasteiger partial charge in [-0.3, -0.25) is 4.72 Å². The molecule has 0 radical (unpaired) electrons. The van der Waals surface area contributed by atoms with Gasteiger partial charge in [0.25, 0.3) is 10.0 Å². The molecule has 0 saturated heterocycles. The normalized spacial score (nSPS) is 12.0. The van der Waals surface area contributed by atoms with Crippen molar-refractivity contribution in [3.05, 3.63) is 84.4 Å². The zero-order chi connectivity index (χ0) is 18.8. The molecule has 0 aliphatic heterocycles. The Morgan fingerprint density at radius 1 is 0.731 bits per heavy atom. The third-order valence-corrected chi connectivity index (χ3v) is 5.11. The van der Waals surface area contributed by atoms with E-state index in [9.17, 15) is 21.6 Å². The number of rotatable bonds is 4. The highest BCUT2D eigenvalue weighted by molar-refractivity contribution is 7.92. The van der Waals surface area contributed by atoms with E-state index in [4.69, 9.17) is 0 Å². The lowest BCUT2D eigenvalue weighted by Crippen LogP contribution is -2.14. The monoisotopic (exact) mass is 377 g/mol. The maximum absolute atomic E-state index is 12.8. The van der Waals surface area contributed by atoms with Crippen molar-refractivity contribution in [3.63, 3.8) is 0 Å². The van der Waals surface area contributed by atoms with Gasteiger partial charge in [-0.15, -0.1) is 0 Å². The lowest BCUT2D eigenvalue weighted by molar-refractivity contribution is -0.137. The van der Waals surface area contributed by atoms with Crippen molar-refractivity contribution < 1.29 is 21.6 Å². The van der Waals surface area contributed by atoms with Gasteiger partial charge in [-0.05, 0) is 41.5 Å². The summed E-state index contributed by atoms with van der Waals surface area (Å²) in [7, 11) is -3.99. The second-order valence-electron chi connectivity index (χ2n) is 5.57. The number of hydrogen-bond acceptors (Lipinski definition) is 2. The van der Waals surface area contributed by atoms with E-state index in [0.29, 0.717) is 0 Å². The Morgan fingerprint density at radius 2 is 1.35 bits per heavy atom. The van der Waals surface area contributed by atoms with Crippen LogP contribution in [0, 0.1) is 0 Å². The average Bonchev–Trinajstić information content (AvgIpc) is 2.62. The van der Waals surface area contributed by atoms with Gasteiger partial charge in [0, 0.05) is 5.69 Å². The van der Waals surface area contributed by atoms with Gasteiger partial charge in [0.15, 0.2) is 0 Å². The molecule has 1 N–H and O–H groups in total. The lowest BCUT2D eigenvalue weighted by atomic mass is 10.1. The third kappa shape index (κ3) is 4.05. The van der Waals surface area contributed by atoms with E-state index in [0.717, 1.165) is 29.3 Å². The molecule has 0 aliphatic carbocycles. The highest BCUT2D eigenvalue weighted by Crippen LogP contribution is 2.31. The van der Waals surface area contributed by atoms with Crippen LogP contribution < -0.4 is 4.72 Å². The molecule has 7 heteroatoms. The number of sulfonamides is 1. The Kier molecular flexibility index (Phi) is 4.73. The van der Waals surface area contributed by atoms with Crippen LogP contribution in [0.1, 0.15) is 5.56 Å². The Labute approximate surface area is 149 Å². The van der Waals surface area contributed by atoms with Gasteiger partial charge in [0.2, 0.25) is 0 Å². The van der Waals surface area contributed by atoms with Gasteiger partial charge in [-0.25, -0.2) is 8.42 Å². The number of alkyl halides is 3. The summed E-state index contributed by atoms with van der Waals surface area (Å²) in [6.07, 6.45) is -4.54. The minimum atomic E-state index is -4.54. The van der Waals surface area contributed by atoms with Crippen molar-refractivity contribution in [2.24, 2.45) is 0 Å². The van der Waals surface area contributed by atoms with Crippen LogP contribution in [0.2, 0.25) is 0 Å². The Bertz CT molecular complexity index is 999. The maximum Gasteiger partial charge on any atom is 0.416 e. The third-order valence-electron chi connectivity index (χ3n) is 3.71. The molecule has 0 fully saturated rings. The van der Waals surface area contributed by atoms with Gasteiger partial charge in [-0.2, -0.15) is 13.2 Å². The smallest absolute Gasteiger partial charge is 0.280 e. The fourth-order valence-corrected chi connectivity index (χ4v) is 3.48. The summed E-state index contributed by atoms with van der Waals surface area (Å²) < 4.78 is 65.3.